The average Bonchev–Trinajstić information content (AvgIpc) is 2.78. The molecule has 1 fully saturated rings. The summed E-state index contributed by atoms with van der Waals surface area (Å²) in [6.07, 6.45) is -0.290. The van der Waals surface area contributed by atoms with Crippen LogP contribution < -0.4 is 0 Å². The number of ether oxygens (including phenoxy) is 1. The Hall–Kier alpha value is -1.55. The Morgan fingerprint density at radius 1 is 1.39 bits per heavy atom. The quantitative estimate of drug-likeness (QED) is 0.890. The van der Waals surface area contributed by atoms with E-state index in [-0.39, 0.29) is 18.6 Å². The summed E-state index contributed by atoms with van der Waals surface area (Å²) in [7, 11) is 0. The second-order valence-electron chi connectivity index (χ2n) is 4.87. The van der Waals surface area contributed by atoms with Gasteiger partial charge >= 0.3 is 6.09 Å². The van der Waals surface area contributed by atoms with Crippen molar-refractivity contribution in [1.82, 2.24) is 4.90 Å². The Balaban J connectivity index is 1.82. The van der Waals surface area contributed by atoms with Crippen LogP contribution in [0.25, 0.3) is 0 Å². The molecule has 0 bridgehead atoms. The lowest BCUT2D eigenvalue weighted by atomic mass is 10.00. The van der Waals surface area contributed by atoms with E-state index < -0.39 is 0 Å². The molecule has 2 rings (SSSR count). The van der Waals surface area contributed by atoms with Crippen molar-refractivity contribution in [3.8, 4) is 0 Å². The standard InChI is InChI=1S/C14H19NO3/c1-11-7-15(8-13(11)9-16)14(17)18-10-12-5-3-2-4-6-12/h2-6,11,13,16H,7-10H2,1H3. The van der Waals surface area contributed by atoms with Crippen LogP contribution in [0.4, 0.5) is 4.79 Å². The molecule has 1 aliphatic heterocycles. The third-order valence-electron chi connectivity index (χ3n) is 3.47. The minimum atomic E-state index is -0.290. The zero-order valence-corrected chi connectivity index (χ0v) is 10.6. The van der Waals surface area contributed by atoms with Crippen molar-refractivity contribution < 1.29 is 14.6 Å². The first-order valence-electron chi connectivity index (χ1n) is 6.27. The molecule has 1 amide bonds. The molecule has 0 spiro atoms. The van der Waals surface area contributed by atoms with E-state index in [2.05, 4.69) is 0 Å². The number of carbonyl (C=O) groups excluding carboxylic acids is 1. The molecule has 2 unspecified atom stereocenters. The van der Waals surface area contributed by atoms with Crippen LogP contribution in [-0.4, -0.2) is 35.8 Å². The van der Waals surface area contributed by atoms with Gasteiger partial charge in [-0.3, -0.25) is 0 Å². The highest BCUT2D eigenvalue weighted by molar-refractivity contribution is 5.68. The molecule has 1 N–H and O–H groups in total. The summed E-state index contributed by atoms with van der Waals surface area (Å²) >= 11 is 0. The lowest BCUT2D eigenvalue weighted by molar-refractivity contribution is 0.101. The van der Waals surface area contributed by atoms with Gasteiger partial charge in [0.2, 0.25) is 0 Å². The van der Waals surface area contributed by atoms with Crippen LogP contribution in [0.15, 0.2) is 30.3 Å². The molecular weight excluding hydrogens is 230 g/mol. The zero-order chi connectivity index (χ0) is 13.0. The largest absolute Gasteiger partial charge is 0.445 e. The Kier molecular flexibility index (Phi) is 4.20. The molecule has 1 aromatic rings. The predicted molar refractivity (Wildman–Crippen MR) is 67.9 cm³/mol. The molecule has 98 valence electrons. The molecule has 0 aliphatic carbocycles. The zero-order valence-electron chi connectivity index (χ0n) is 10.6. The highest BCUT2D eigenvalue weighted by atomic mass is 16.6. The normalized spacial score (nSPS) is 23.1. The number of hydrogen-bond donors (Lipinski definition) is 1. The number of nitrogens with zero attached hydrogens (tertiary/aromatic N) is 1. The summed E-state index contributed by atoms with van der Waals surface area (Å²) in [5, 5.41) is 9.17. The van der Waals surface area contributed by atoms with Crippen molar-refractivity contribution in [3.63, 3.8) is 0 Å². The number of rotatable bonds is 3. The van der Waals surface area contributed by atoms with E-state index in [1.807, 2.05) is 37.3 Å². The number of amides is 1. The second-order valence-corrected chi connectivity index (χ2v) is 4.87. The lowest BCUT2D eigenvalue weighted by Gasteiger charge is -2.15. The molecule has 1 heterocycles. The highest BCUT2D eigenvalue weighted by Crippen LogP contribution is 2.23. The van der Waals surface area contributed by atoms with Crippen LogP contribution in [0.5, 0.6) is 0 Å². The van der Waals surface area contributed by atoms with Crippen molar-refractivity contribution >= 4 is 6.09 Å². The molecule has 18 heavy (non-hydrogen) atoms. The van der Waals surface area contributed by atoms with Crippen LogP contribution >= 0.6 is 0 Å². The fourth-order valence-corrected chi connectivity index (χ4v) is 2.23. The third-order valence-corrected chi connectivity index (χ3v) is 3.47. The first kappa shape index (κ1) is 12.9. The average molecular weight is 249 g/mol. The van der Waals surface area contributed by atoms with Crippen molar-refractivity contribution in [2.45, 2.75) is 13.5 Å². The fourth-order valence-electron chi connectivity index (χ4n) is 2.23. The van der Waals surface area contributed by atoms with Crippen molar-refractivity contribution in [2.75, 3.05) is 19.7 Å². The molecule has 1 aliphatic rings. The Morgan fingerprint density at radius 3 is 2.72 bits per heavy atom. The van der Waals surface area contributed by atoms with Gasteiger partial charge < -0.3 is 14.7 Å². The van der Waals surface area contributed by atoms with Gasteiger partial charge in [-0.05, 0) is 11.5 Å². The van der Waals surface area contributed by atoms with E-state index in [9.17, 15) is 4.79 Å². The number of benzene rings is 1. The van der Waals surface area contributed by atoms with Crippen LogP contribution in [0.1, 0.15) is 12.5 Å². The predicted octanol–water partition coefficient (Wildman–Crippen LogP) is 1.88. The van der Waals surface area contributed by atoms with E-state index in [4.69, 9.17) is 9.84 Å². The number of hydrogen-bond acceptors (Lipinski definition) is 3. The summed E-state index contributed by atoms with van der Waals surface area (Å²) in [6.45, 7) is 3.73. The lowest BCUT2D eigenvalue weighted by Crippen LogP contribution is -2.29. The topological polar surface area (TPSA) is 49.8 Å². The summed E-state index contributed by atoms with van der Waals surface area (Å²) < 4.78 is 5.26. The van der Waals surface area contributed by atoms with E-state index in [1.165, 1.54) is 0 Å². The molecule has 4 nitrogen and oxygen atoms in total. The van der Waals surface area contributed by atoms with Gasteiger partial charge in [0.25, 0.3) is 0 Å². The highest BCUT2D eigenvalue weighted by Gasteiger charge is 2.32. The van der Waals surface area contributed by atoms with Gasteiger partial charge in [-0.25, -0.2) is 4.79 Å². The maximum atomic E-state index is 11.8. The summed E-state index contributed by atoms with van der Waals surface area (Å²) in [5.41, 5.74) is 0.983. The smallest absolute Gasteiger partial charge is 0.410 e. The number of likely N-dealkylation sites (tertiary alicyclic amines) is 1. The van der Waals surface area contributed by atoms with Crippen molar-refractivity contribution in [1.29, 1.82) is 0 Å². The van der Waals surface area contributed by atoms with Crippen LogP contribution in [-0.2, 0) is 11.3 Å². The summed E-state index contributed by atoms with van der Waals surface area (Å²) in [4.78, 5) is 13.5. The molecule has 1 aromatic carbocycles. The third kappa shape index (κ3) is 3.01. The maximum Gasteiger partial charge on any atom is 0.410 e. The second kappa shape index (κ2) is 5.87. The van der Waals surface area contributed by atoms with Gasteiger partial charge in [0, 0.05) is 25.6 Å². The fraction of sp³-hybridized carbons (Fsp3) is 0.500. The van der Waals surface area contributed by atoms with Gasteiger partial charge in [0.05, 0.1) is 0 Å². The van der Waals surface area contributed by atoms with Gasteiger partial charge in [-0.1, -0.05) is 37.3 Å². The van der Waals surface area contributed by atoms with Gasteiger partial charge in [0.15, 0.2) is 0 Å². The first-order valence-corrected chi connectivity index (χ1v) is 6.27. The Labute approximate surface area is 107 Å². The molecule has 4 heteroatoms. The molecule has 0 aromatic heterocycles. The number of aliphatic hydroxyl groups is 1. The molecule has 0 radical (unpaired) electrons. The van der Waals surface area contributed by atoms with Crippen LogP contribution in [0.3, 0.4) is 0 Å². The molecular formula is C14H19NO3. The van der Waals surface area contributed by atoms with Gasteiger partial charge in [0.1, 0.15) is 6.61 Å². The molecule has 1 saturated heterocycles. The molecule has 0 saturated carbocycles. The maximum absolute atomic E-state index is 11.8. The first-order chi connectivity index (χ1) is 8.70. The van der Waals surface area contributed by atoms with Gasteiger partial charge in [-0.2, -0.15) is 0 Å². The van der Waals surface area contributed by atoms with Crippen LogP contribution in [0.2, 0.25) is 0 Å². The summed E-state index contributed by atoms with van der Waals surface area (Å²) in [6, 6.07) is 9.62. The summed E-state index contributed by atoms with van der Waals surface area (Å²) in [5.74, 6) is 0.508. The van der Waals surface area contributed by atoms with Crippen molar-refractivity contribution in [2.24, 2.45) is 11.8 Å². The Morgan fingerprint density at radius 2 is 2.11 bits per heavy atom. The Bertz CT molecular complexity index is 393. The SMILES string of the molecule is CC1CN(C(=O)OCc2ccccc2)CC1CO. The minimum Gasteiger partial charge on any atom is -0.445 e. The minimum absolute atomic E-state index is 0.129. The number of aliphatic hydroxyl groups excluding tert-OH is 1. The monoisotopic (exact) mass is 249 g/mol. The van der Waals surface area contributed by atoms with Gasteiger partial charge in [-0.15, -0.1) is 0 Å². The van der Waals surface area contributed by atoms with E-state index in [0.29, 0.717) is 25.6 Å². The van der Waals surface area contributed by atoms with E-state index >= 15 is 0 Å². The van der Waals surface area contributed by atoms with E-state index in [0.717, 1.165) is 5.56 Å². The van der Waals surface area contributed by atoms with E-state index in [1.54, 1.807) is 4.90 Å². The van der Waals surface area contributed by atoms with Crippen LogP contribution in [0, 0.1) is 11.8 Å². The van der Waals surface area contributed by atoms with Crippen molar-refractivity contribution in [3.05, 3.63) is 35.9 Å². The number of carbonyl (C=O) groups is 1. The molecule has 2 atom stereocenters.